The first-order valence-corrected chi connectivity index (χ1v) is 10.5. The summed E-state index contributed by atoms with van der Waals surface area (Å²) in [7, 11) is 0. The van der Waals surface area contributed by atoms with Gasteiger partial charge in [-0.15, -0.1) is 0 Å². The fourth-order valence-electron chi connectivity index (χ4n) is 4.93. The molecule has 5 heteroatoms. The molecule has 0 bridgehead atoms. The Balaban J connectivity index is 1.25. The van der Waals surface area contributed by atoms with Crippen LogP contribution < -0.4 is 10.6 Å². The highest BCUT2D eigenvalue weighted by atomic mass is 16.2. The normalized spacial score (nSPS) is 28.6. The number of nitrogens with one attached hydrogen (secondary N) is 2. The van der Waals surface area contributed by atoms with Crippen LogP contribution in [0.5, 0.6) is 0 Å². The minimum atomic E-state index is -0.0229. The van der Waals surface area contributed by atoms with Crippen LogP contribution in [0, 0.1) is 12.8 Å². The molecule has 2 aliphatic heterocycles. The first-order chi connectivity index (χ1) is 13.1. The van der Waals surface area contributed by atoms with E-state index in [9.17, 15) is 9.59 Å². The van der Waals surface area contributed by atoms with Crippen LogP contribution in [0.25, 0.3) is 0 Å². The Bertz CT molecular complexity index is 665. The molecular weight excluding hydrogens is 338 g/mol. The standard InChI is InChI=1S/C22H31N3O2/c1-15-6-8-16(9-7-15)22(27)25-12-10-18(11-13-25)23-21(26)20-14-17-4-2-3-5-19(17)24-20/h6-9,17-20,24H,2-5,10-14H2,1H3,(H,23,26). The molecule has 3 atom stereocenters. The quantitative estimate of drug-likeness (QED) is 0.861. The van der Waals surface area contributed by atoms with E-state index in [0.717, 1.165) is 30.4 Å². The molecule has 27 heavy (non-hydrogen) atoms. The molecule has 1 aliphatic carbocycles. The minimum Gasteiger partial charge on any atom is -0.352 e. The van der Waals surface area contributed by atoms with Crippen molar-refractivity contribution >= 4 is 11.8 Å². The van der Waals surface area contributed by atoms with E-state index in [1.165, 1.54) is 25.7 Å². The van der Waals surface area contributed by atoms with Crippen molar-refractivity contribution < 1.29 is 9.59 Å². The van der Waals surface area contributed by atoms with Crippen molar-refractivity contribution in [1.82, 2.24) is 15.5 Å². The Morgan fingerprint density at radius 3 is 2.44 bits per heavy atom. The molecule has 3 unspecified atom stereocenters. The first kappa shape index (κ1) is 18.5. The zero-order valence-corrected chi connectivity index (χ0v) is 16.2. The van der Waals surface area contributed by atoms with Gasteiger partial charge in [0.2, 0.25) is 5.91 Å². The lowest BCUT2D eigenvalue weighted by Crippen LogP contribution is -2.51. The number of hydrogen-bond acceptors (Lipinski definition) is 3. The topological polar surface area (TPSA) is 61.4 Å². The highest BCUT2D eigenvalue weighted by Crippen LogP contribution is 2.33. The van der Waals surface area contributed by atoms with Crippen LogP contribution in [0.4, 0.5) is 0 Å². The fraction of sp³-hybridized carbons (Fsp3) is 0.636. The Labute approximate surface area is 161 Å². The first-order valence-electron chi connectivity index (χ1n) is 10.5. The maximum absolute atomic E-state index is 12.7. The van der Waals surface area contributed by atoms with Gasteiger partial charge in [-0.1, -0.05) is 30.5 Å². The molecule has 3 fully saturated rings. The number of rotatable bonds is 3. The third-order valence-electron chi connectivity index (χ3n) is 6.61. The molecule has 146 valence electrons. The molecular formula is C22H31N3O2. The highest BCUT2D eigenvalue weighted by Gasteiger charge is 2.38. The number of likely N-dealkylation sites (tertiary alicyclic amines) is 1. The number of hydrogen-bond donors (Lipinski definition) is 2. The molecule has 1 saturated carbocycles. The lowest BCUT2D eigenvalue weighted by Gasteiger charge is -2.33. The molecule has 0 radical (unpaired) electrons. The van der Waals surface area contributed by atoms with Gasteiger partial charge < -0.3 is 15.5 Å². The van der Waals surface area contributed by atoms with Crippen LogP contribution in [0.1, 0.15) is 60.9 Å². The largest absolute Gasteiger partial charge is 0.352 e. The number of carbonyl (C=O) groups excluding carboxylic acids is 2. The van der Waals surface area contributed by atoms with Crippen LogP contribution in [0.3, 0.4) is 0 Å². The number of nitrogens with zero attached hydrogens (tertiary/aromatic N) is 1. The van der Waals surface area contributed by atoms with Crippen molar-refractivity contribution in [3.8, 4) is 0 Å². The second-order valence-electron chi connectivity index (χ2n) is 8.55. The Morgan fingerprint density at radius 1 is 1.04 bits per heavy atom. The monoisotopic (exact) mass is 369 g/mol. The molecule has 2 heterocycles. The van der Waals surface area contributed by atoms with Crippen molar-refractivity contribution in [2.75, 3.05) is 13.1 Å². The van der Waals surface area contributed by atoms with Gasteiger partial charge in [-0.3, -0.25) is 9.59 Å². The zero-order chi connectivity index (χ0) is 18.8. The molecule has 0 aromatic heterocycles. The molecule has 1 aromatic carbocycles. The summed E-state index contributed by atoms with van der Waals surface area (Å²) in [6, 6.07) is 8.46. The van der Waals surface area contributed by atoms with Gasteiger partial charge in [0.25, 0.3) is 5.91 Å². The Morgan fingerprint density at radius 2 is 1.74 bits per heavy atom. The maximum Gasteiger partial charge on any atom is 0.253 e. The minimum absolute atomic E-state index is 0.0229. The molecule has 0 spiro atoms. The predicted octanol–water partition coefficient (Wildman–Crippen LogP) is 2.64. The number of piperidine rings is 1. The number of carbonyl (C=O) groups is 2. The third-order valence-corrected chi connectivity index (χ3v) is 6.61. The maximum atomic E-state index is 12.7. The summed E-state index contributed by atoms with van der Waals surface area (Å²) in [4.78, 5) is 27.2. The molecule has 2 amide bonds. The summed E-state index contributed by atoms with van der Waals surface area (Å²) in [6.45, 7) is 3.44. The van der Waals surface area contributed by atoms with E-state index in [1.54, 1.807) is 0 Å². The molecule has 4 rings (SSSR count). The lowest BCUT2D eigenvalue weighted by atomic mass is 9.85. The van der Waals surface area contributed by atoms with Gasteiger partial charge in [0.15, 0.2) is 0 Å². The van der Waals surface area contributed by atoms with E-state index < -0.39 is 0 Å². The zero-order valence-electron chi connectivity index (χ0n) is 16.2. The second-order valence-corrected chi connectivity index (χ2v) is 8.55. The highest BCUT2D eigenvalue weighted by molar-refractivity contribution is 5.94. The van der Waals surface area contributed by atoms with Crippen molar-refractivity contribution in [2.45, 2.75) is 70.0 Å². The molecule has 3 aliphatic rings. The predicted molar refractivity (Wildman–Crippen MR) is 106 cm³/mol. The number of amides is 2. The van der Waals surface area contributed by atoms with Crippen molar-refractivity contribution in [2.24, 2.45) is 5.92 Å². The fourth-order valence-corrected chi connectivity index (χ4v) is 4.93. The van der Waals surface area contributed by atoms with Gasteiger partial charge in [0, 0.05) is 30.7 Å². The molecule has 2 N–H and O–H groups in total. The summed E-state index contributed by atoms with van der Waals surface area (Å²) in [6.07, 6.45) is 7.74. The summed E-state index contributed by atoms with van der Waals surface area (Å²) in [5, 5.41) is 6.80. The van der Waals surface area contributed by atoms with Crippen molar-refractivity contribution in [3.63, 3.8) is 0 Å². The van der Waals surface area contributed by atoms with Crippen molar-refractivity contribution in [1.29, 1.82) is 0 Å². The Hall–Kier alpha value is -1.88. The molecule has 5 nitrogen and oxygen atoms in total. The number of aryl methyl sites for hydroxylation is 1. The van der Waals surface area contributed by atoms with Gasteiger partial charge in [0.1, 0.15) is 0 Å². The van der Waals surface area contributed by atoms with E-state index in [0.29, 0.717) is 25.0 Å². The van der Waals surface area contributed by atoms with Gasteiger partial charge in [-0.05, 0) is 57.1 Å². The SMILES string of the molecule is Cc1ccc(C(=O)N2CCC(NC(=O)C3CC4CCCCC4N3)CC2)cc1. The number of fused-ring (bicyclic) bond motifs is 1. The molecule has 1 aromatic rings. The van der Waals surface area contributed by atoms with Crippen molar-refractivity contribution in [3.05, 3.63) is 35.4 Å². The lowest BCUT2D eigenvalue weighted by molar-refractivity contribution is -0.123. The average molecular weight is 370 g/mol. The summed E-state index contributed by atoms with van der Waals surface area (Å²) < 4.78 is 0. The van der Waals surface area contributed by atoms with Crippen LogP contribution in [-0.2, 0) is 4.79 Å². The van der Waals surface area contributed by atoms with Gasteiger partial charge in [-0.2, -0.15) is 0 Å². The summed E-state index contributed by atoms with van der Waals surface area (Å²) in [5.74, 6) is 0.942. The third kappa shape index (κ3) is 4.18. The molecule has 2 saturated heterocycles. The second kappa shape index (κ2) is 8.01. The van der Waals surface area contributed by atoms with Gasteiger partial charge in [0.05, 0.1) is 6.04 Å². The van der Waals surface area contributed by atoms with Gasteiger partial charge >= 0.3 is 0 Å². The van der Waals surface area contributed by atoms with Crippen LogP contribution in [-0.4, -0.2) is 47.9 Å². The van der Waals surface area contributed by atoms with Crippen LogP contribution in [0.2, 0.25) is 0 Å². The van der Waals surface area contributed by atoms with E-state index in [2.05, 4.69) is 10.6 Å². The van der Waals surface area contributed by atoms with E-state index in [4.69, 9.17) is 0 Å². The average Bonchev–Trinajstić information content (AvgIpc) is 3.13. The number of benzene rings is 1. The van der Waals surface area contributed by atoms with Crippen LogP contribution >= 0.6 is 0 Å². The summed E-state index contributed by atoms with van der Waals surface area (Å²) in [5.41, 5.74) is 1.91. The Kier molecular flexibility index (Phi) is 5.48. The van der Waals surface area contributed by atoms with E-state index in [-0.39, 0.29) is 23.9 Å². The smallest absolute Gasteiger partial charge is 0.253 e. The van der Waals surface area contributed by atoms with E-state index in [1.807, 2.05) is 36.1 Å². The summed E-state index contributed by atoms with van der Waals surface area (Å²) >= 11 is 0. The van der Waals surface area contributed by atoms with Crippen LogP contribution in [0.15, 0.2) is 24.3 Å². The van der Waals surface area contributed by atoms with Gasteiger partial charge in [-0.25, -0.2) is 0 Å². The van der Waals surface area contributed by atoms with E-state index >= 15 is 0 Å².